The molecule has 0 aliphatic heterocycles. The molecule has 0 aromatic heterocycles. The summed E-state index contributed by atoms with van der Waals surface area (Å²) in [7, 11) is 0. The highest BCUT2D eigenvalue weighted by molar-refractivity contribution is 5.85. The summed E-state index contributed by atoms with van der Waals surface area (Å²) in [6, 6.07) is 24.9. The van der Waals surface area contributed by atoms with E-state index in [-0.39, 0.29) is 0 Å². The minimum Gasteiger partial charge on any atom is -0.489 e. The molecule has 0 radical (unpaired) electrons. The van der Waals surface area contributed by atoms with E-state index < -0.39 is 12.1 Å². The van der Waals surface area contributed by atoms with Crippen LogP contribution in [-0.2, 0) is 17.8 Å². The Bertz CT molecular complexity index is 913. The van der Waals surface area contributed by atoms with Crippen LogP contribution in [0.4, 0.5) is 0 Å². The number of aliphatic carboxylic acids is 1. The third-order valence-electron chi connectivity index (χ3n) is 4.34. The Morgan fingerprint density at radius 3 is 2.21 bits per heavy atom. The number of rotatable bonds is 8. The first-order chi connectivity index (χ1) is 13.6. The molecule has 0 amide bonds. The SMILES string of the molecule is O=C(O)/C=C/c1ccc(C(O)Cc2ccc(OCc3ccccc3)cc2)cc1. The molecule has 0 fully saturated rings. The van der Waals surface area contributed by atoms with Gasteiger partial charge >= 0.3 is 5.97 Å². The van der Waals surface area contributed by atoms with Crippen LogP contribution in [-0.4, -0.2) is 16.2 Å². The molecule has 142 valence electrons. The molecule has 4 nitrogen and oxygen atoms in total. The summed E-state index contributed by atoms with van der Waals surface area (Å²) in [5.41, 5.74) is 3.69. The van der Waals surface area contributed by atoms with Crippen molar-refractivity contribution in [3.8, 4) is 5.75 Å². The van der Waals surface area contributed by atoms with Crippen molar-refractivity contribution < 1.29 is 19.7 Å². The summed E-state index contributed by atoms with van der Waals surface area (Å²) in [6.07, 6.45) is 2.47. The summed E-state index contributed by atoms with van der Waals surface area (Å²) in [5.74, 6) is -0.197. The van der Waals surface area contributed by atoms with E-state index in [1.54, 1.807) is 12.1 Å². The normalized spacial score (nSPS) is 12.0. The number of carbonyl (C=O) groups is 1. The molecular weight excluding hydrogens is 352 g/mol. The number of benzene rings is 3. The Morgan fingerprint density at radius 2 is 1.57 bits per heavy atom. The van der Waals surface area contributed by atoms with Crippen LogP contribution >= 0.6 is 0 Å². The second-order valence-corrected chi connectivity index (χ2v) is 6.48. The number of hydrogen-bond acceptors (Lipinski definition) is 3. The maximum atomic E-state index is 10.6. The van der Waals surface area contributed by atoms with Gasteiger partial charge in [-0.2, -0.15) is 0 Å². The van der Waals surface area contributed by atoms with E-state index >= 15 is 0 Å². The summed E-state index contributed by atoms with van der Waals surface area (Å²) in [6.45, 7) is 0.519. The highest BCUT2D eigenvalue weighted by Crippen LogP contribution is 2.21. The van der Waals surface area contributed by atoms with Crippen LogP contribution < -0.4 is 4.74 Å². The minimum atomic E-state index is -0.986. The van der Waals surface area contributed by atoms with Gasteiger partial charge in [0.05, 0.1) is 6.10 Å². The predicted octanol–water partition coefficient (Wildman–Crippen LogP) is 4.64. The van der Waals surface area contributed by atoms with E-state index in [1.807, 2.05) is 66.7 Å². The van der Waals surface area contributed by atoms with Crippen LogP contribution in [0.15, 0.2) is 84.9 Å². The van der Waals surface area contributed by atoms with Crippen molar-refractivity contribution in [1.29, 1.82) is 0 Å². The summed E-state index contributed by atoms with van der Waals surface area (Å²) in [5, 5.41) is 19.1. The van der Waals surface area contributed by atoms with Gasteiger partial charge in [0, 0.05) is 12.5 Å². The van der Waals surface area contributed by atoms with Crippen molar-refractivity contribution in [2.75, 3.05) is 0 Å². The topological polar surface area (TPSA) is 66.8 Å². The first-order valence-electron chi connectivity index (χ1n) is 9.05. The largest absolute Gasteiger partial charge is 0.489 e. The lowest BCUT2D eigenvalue weighted by molar-refractivity contribution is -0.131. The van der Waals surface area contributed by atoms with Gasteiger partial charge in [-0.05, 0) is 40.5 Å². The van der Waals surface area contributed by atoms with Crippen molar-refractivity contribution in [3.63, 3.8) is 0 Å². The first-order valence-corrected chi connectivity index (χ1v) is 9.05. The smallest absolute Gasteiger partial charge is 0.328 e. The van der Waals surface area contributed by atoms with Gasteiger partial charge in [-0.3, -0.25) is 0 Å². The van der Waals surface area contributed by atoms with E-state index in [0.717, 1.165) is 34.1 Å². The van der Waals surface area contributed by atoms with Crippen molar-refractivity contribution in [2.45, 2.75) is 19.1 Å². The molecule has 0 bridgehead atoms. The zero-order valence-corrected chi connectivity index (χ0v) is 15.4. The predicted molar refractivity (Wildman–Crippen MR) is 109 cm³/mol. The number of carboxylic acids is 1. The zero-order chi connectivity index (χ0) is 19.8. The maximum Gasteiger partial charge on any atom is 0.328 e. The Morgan fingerprint density at radius 1 is 0.893 bits per heavy atom. The van der Waals surface area contributed by atoms with Gasteiger partial charge in [-0.25, -0.2) is 4.79 Å². The molecule has 3 aromatic rings. The van der Waals surface area contributed by atoms with Crippen LogP contribution in [0.3, 0.4) is 0 Å². The molecule has 4 heteroatoms. The lowest BCUT2D eigenvalue weighted by atomic mass is 10.0. The van der Waals surface area contributed by atoms with E-state index in [1.165, 1.54) is 6.08 Å². The monoisotopic (exact) mass is 374 g/mol. The Balaban J connectivity index is 1.55. The number of hydrogen-bond donors (Lipinski definition) is 2. The van der Waals surface area contributed by atoms with Crippen LogP contribution in [0.2, 0.25) is 0 Å². The zero-order valence-electron chi connectivity index (χ0n) is 15.4. The van der Waals surface area contributed by atoms with Crippen LogP contribution in [0, 0.1) is 0 Å². The minimum absolute atomic E-state index is 0.489. The summed E-state index contributed by atoms with van der Waals surface area (Å²) < 4.78 is 5.78. The van der Waals surface area contributed by atoms with Gasteiger partial charge in [0.25, 0.3) is 0 Å². The van der Waals surface area contributed by atoms with Crippen molar-refractivity contribution in [1.82, 2.24) is 0 Å². The number of aliphatic hydroxyl groups is 1. The fourth-order valence-electron chi connectivity index (χ4n) is 2.80. The lowest BCUT2D eigenvalue weighted by Gasteiger charge is -2.12. The number of aliphatic hydroxyl groups excluding tert-OH is 1. The first kappa shape index (κ1) is 19.4. The molecule has 0 spiro atoms. The van der Waals surface area contributed by atoms with Crippen molar-refractivity contribution in [3.05, 3.63) is 107 Å². The quantitative estimate of drug-likeness (QED) is 0.564. The average molecular weight is 374 g/mol. The van der Waals surface area contributed by atoms with Gasteiger partial charge in [-0.1, -0.05) is 66.7 Å². The molecular formula is C24H22O4. The highest BCUT2D eigenvalue weighted by Gasteiger charge is 2.09. The second kappa shape index (κ2) is 9.53. The molecule has 3 rings (SSSR count). The Labute approximate surface area is 164 Å². The molecule has 0 aliphatic carbocycles. The third-order valence-corrected chi connectivity index (χ3v) is 4.34. The molecule has 0 saturated heterocycles. The van der Waals surface area contributed by atoms with Gasteiger partial charge in [0.15, 0.2) is 0 Å². The summed E-state index contributed by atoms with van der Waals surface area (Å²) >= 11 is 0. The fraction of sp³-hybridized carbons (Fsp3) is 0.125. The van der Waals surface area contributed by atoms with Crippen LogP contribution in [0.1, 0.15) is 28.4 Å². The molecule has 0 aliphatic rings. The van der Waals surface area contributed by atoms with Gasteiger partial charge in [0.2, 0.25) is 0 Å². The molecule has 1 atom stereocenters. The molecule has 3 aromatic carbocycles. The average Bonchev–Trinajstić information content (AvgIpc) is 2.73. The maximum absolute atomic E-state index is 10.6. The molecule has 28 heavy (non-hydrogen) atoms. The van der Waals surface area contributed by atoms with Gasteiger partial charge in [0.1, 0.15) is 12.4 Å². The molecule has 0 heterocycles. The number of ether oxygens (including phenoxy) is 1. The number of carboxylic acid groups (broad SMARTS) is 1. The summed E-state index contributed by atoms with van der Waals surface area (Å²) in [4.78, 5) is 10.6. The Kier molecular flexibility index (Phi) is 6.60. The van der Waals surface area contributed by atoms with E-state index in [2.05, 4.69) is 0 Å². The van der Waals surface area contributed by atoms with Crippen molar-refractivity contribution in [2.24, 2.45) is 0 Å². The third kappa shape index (κ3) is 5.83. The second-order valence-electron chi connectivity index (χ2n) is 6.48. The van der Waals surface area contributed by atoms with E-state index in [0.29, 0.717) is 13.0 Å². The van der Waals surface area contributed by atoms with E-state index in [9.17, 15) is 9.90 Å². The molecule has 2 N–H and O–H groups in total. The fourth-order valence-corrected chi connectivity index (χ4v) is 2.80. The lowest BCUT2D eigenvalue weighted by Crippen LogP contribution is -2.02. The standard InChI is InChI=1S/C24H22O4/c25-23(21-11-6-18(7-12-21)10-15-24(26)27)16-19-8-13-22(14-9-19)28-17-20-4-2-1-3-5-20/h1-15,23,25H,16-17H2,(H,26,27)/b15-10+. The van der Waals surface area contributed by atoms with Crippen LogP contribution in [0.25, 0.3) is 6.08 Å². The molecule has 1 unspecified atom stereocenters. The van der Waals surface area contributed by atoms with Crippen LogP contribution in [0.5, 0.6) is 5.75 Å². The van der Waals surface area contributed by atoms with Gasteiger partial charge < -0.3 is 14.9 Å². The Hall–Kier alpha value is -3.37. The van der Waals surface area contributed by atoms with Crippen molar-refractivity contribution >= 4 is 12.0 Å². The molecule has 0 saturated carbocycles. The van der Waals surface area contributed by atoms with Gasteiger partial charge in [-0.15, -0.1) is 0 Å². The van der Waals surface area contributed by atoms with E-state index in [4.69, 9.17) is 9.84 Å². The highest BCUT2D eigenvalue weighted by atomic mass is 16.5.